The van der Waals surface area contributed by atoms with E-state index in [4.69, 9.17) is 16.0 Å². The van der Waals surface area contributed by atoms with Gasteiger partial charge in [-0.05, 0) is 55.8 Å². The Labute approximate surface area is 153 Å². The highest BCUT2D eigenvalue weighted by atomic mass is 35.5. The lowest BCUT2D eigenvalue weighted by Crippen LogP contribution is -2.30. The number of nitrogens with one attached hydrogen (secondary N) is 1. The van der Waals surface area contributed by atoms with Crippen LogP contribution in [0.15, 0.2) is 51.7 Å². The second-order valence-electron chi connectivity index (χ2n) is 5.75. The highest BCUT2D eigenvalue weighted by Crippen LogP contribution is 2.22. The summed E-state index contributed by atoms with van der Waals surface area (Å²) in [6.45, 7) is 3.35. The zero-order chi connectivity index (χ0) is 18.8. The molecule has 1 aromatic heterocycles. The van der Waals surface area contributed by atoms with E-state index >= 15 is 0 Å². The molecule has 6 nitrogen and oxygen atoms in total. The van der Waals surface area contributed by atoms with Crippen LogP contribution in [0.1, 0.15) is 18.5 Å². The number of nitrogens with zero attached hydrogens (tertiary/aromatic N) is 2. The van der Waals surface area contributed by atoms with E-state index in [-0.39, 0.29) is 5.89 Å². The number of carbonyl (C=O) groups is 1. The molecule has 0 bridgehead atoms. The first-order valence-electron chi connectivity index (χ1n) is 7.78. The van der Waals surface area contributed by atoms with E-state index in [1.54, 1.807) is 18.2 Å². The maximum Gasteiger partial charge on any atom is 0.438 e. The van der Waals surface area contributed by atoms with Gasteiger partial charge in [-0.15, -0.1) is 5.10 Å². The Kier molecular flexibility index (Phi) is 4.90. The molecular formula is C18H15ClFN3O3. The quantitative estimate of drug-likeness (QED) is 0.752. The van der Waals surface area contributed by atoms with E-state index < -0.39 is 23.5 Å². The van der Waals surface area contributed by atoms with Gasteiger partial charge in [-0.1, -0.05) is 17.7 Å². The lowest BCUT2D eigenvalue weighted by atomic mass is 10.2. The monoisotopic (exact) mass is 375 g/mol. The molecule has 8 heteroatoms. The van der Waals surface area contributed by atoms with Crippen molar-refractivity contribution in [2.75, 3.05) is 5.32 Å². The Bertz CT molecular complexity index is 1010. The molecule has 1 amide bonds. The molecule has 0 aliphatic rings. The molecule has 3 rings (SSSR count). The van der Waals surface area contributed by atoms with Crippen LogP contribution in [0.3, 0.4) is 0 Å². The van der Waals surface area contributed by atoms with Gasteiger partial charge in [0.1, 0.15) is 11.9 Å². The van der Waals surface area contributed by atoms with Gasteiger partial charge >= 0.3 is 5.76 Å². The van der Waals surface area contributed by atoms with Crippen molar-refractivity contribution in [1.82, 2.24) is 9.78 Å². The molecule has 3 aromatic rings. The van der Waals surface area contributed by atoms with E-state index in [1.807, 2.05) is 6.92 Å². The molecule has 0 unspecified atom stereocenters. The second-order valence-corrected chi connectivity index (χ2v) is 6.19. The normalized spacial score (nSPS) is 12.0. The molecule has 0 radical (unpaired) electrons. The Balaban J connectivity index is 1.84. The maximum atomic E-state index is 13.0. The Morgan fingerprint density at radius 3 is 2.65 bits per heavy atom. The van der Waals surface area contributed by atoms with Crippen molar-refractivity contribution < 1.29 is 13.6 Å². The summed E-state index contributed by atoms with van der Waals surface area (Å²) < 4.78 is 19.0. The Morgan fingerprint density at radius 2 is 1.96 bits per heavy atom. The van der Waals surface area contributed by atoms with Crippen molar-refractivity contribution in [3.63, 3.8) is 0 Å². The largest absolute Gasteiger partial charge is 0.438 e. The average Bonchev–Trinajstić information content (AvgIpc) is 2.99. The van der Waals surface area contributed by atoms with Gasteiger partial charge in [0.2, 0.25) is 11.8 Å². The van der Waals surface area contributed by atoms with Gasteiger partial charge in [-0.2, -0.15) is 4.68 Å². The predicted octanol–water partition coefficient (Wildman–Crippen LogP) is 3.80. The minimum absolute atomic E-state index is 0.00795. The number of anilines is 1. The highest BCUT2D eigenvalue weighted by Gasteiger charge is 2.22. The van der Waals surface area contributed by atoms with Crippen LogP contribution in [0, 0.1) is 12.7 Å². The molecule has 26 heavy (non-hydrogen) atoms. The van der Waals surface area contributed by atoms with Crippen LogP contribution in [0.25, 0.3) is 11.5 Å². The third kappa shape index (κ3) is 3.67. The van der Waals surface area contributed by atoms with Crippen molar-refractivity contribution in [3.8, 4) is 11.5 Å². The fraction of sp³-hybridized carbons (Fsp3) is 0.167. The standard InChI is InChI=1S/C18H15ClFN3O3/c1-10-3-6-13(19)9-15(10)21-16(24)11(2)23-18(25)26-17(22-23)12-4-7-14(20)8-5-12/h3-9,11H,1-2H3,(H,21,24)/t11-/m1/s1. The minimum Gasteiger partial charge on any atom is -0.388 e. The van der Waals surface area contributed by atoms with Gasteiger partial charge in [0.15, 0.2) is 0 Å². The highest BCUT2D eigenvalue weighted by molar-refractivity contribution is 6.31. The number of aryl methyl sites for hydroxylation is 1. The second kappa shape index (κ2) is 7.13. The van der Waals surface area contributed by atoms with Crippen LogP contribution < -0.4 is 11.1 Å². The summed E-state index contributed by atoms with van der Waals surface area (Å²) in [5, 5.41) is 7.24. The number of hydrogen-bond donors (Lipinski definition) is 1. The fourth-order valence-electron chi connectivity index (χ4n) is 2.32. The summed E-state index contributed by atoms with van der Waals surface area (Å²) in [6, 6.07) is 9.52. The van der Waals surface area contributed by atoms with Crippen molar-refractivity contribution in [3.05, 3.63) is 69.4 Å². The first-order chi connectivity index (χ1) is 12.3. The van der Waals surface area contributed by atoms with E-state index in [9.17, 15) is 14.0 Å². The smallest absolute Gasteiger partial charge is 0.388 e. The summed E-state index contributed by atoms with van der Waals surface area (Å²) in [6.07, 6.45) is 0. The van der Waals surface area contributed by atoms with Gasteiger partial charge in [-0.3, -0.25) is 4.79 Å². The summed E-state index contributed by atoms with van der Waals surface area (Å²) in [5.41, 5.74) is 1.81. The van der Waals surface area contributed by atoms with Gasteiger partial charge in [-0.25, -0.2) is 9.18 Å². The van der Waals surface area contributed by atoms with E-state index in [2.05, 4.69) is 10.4 Å². The Hall–Kier alpha value is -2.93. The minimum atomic E-state index is -0.918. The molecule has 1 atom stereocenters. The molecule has 0 spiro atoms. The van der Waals surface area contributed by atoms with Gasteiger partial charge in [0.05, 0.1) is 0 Å². The number of carbonyl (C=O) groups excluding carboxylic acids is 1. The molecule has 0 saturated heterocycles. The zero-order valence-electron chi connectivity index (χ0n) is 14.0. The van der Waals surface area contributed by atoms with Crippen LogP contribution in [0.5, 0.6) is 0 Å². The molecule has 0 aliphatic heterocycles. The van der Waals surface area contributed by atoms with Crippen LogP contribution in [0.4, 0.5) is 10.1 Å². The maximum absolute atomic E-state index is 13.0. The molecule has 0 fully saturated rings. The number of hydrogen-bond acceptors (Lipinski definition) is 4. The predicted molar refractivity (Wildman–Crippen MR) is 95.7 cm³/mol. The van der Waals surface area contributed by atoms with Crippen molar-refractivity contribution in [1.29, 1.82) is 0 Å². The van der Waals surface area contributed by atoms with Gasteiger partial charge in [0.25, 0.3) is 0 Å². The average molecular weight is 376 g/mol. The summed E-state index contributed by atoms with van der Waals surface area (Å²) in [4.78, 5) is 24.5. The third-order valence-electron chi connectivity index (χ3n) is 3.86. The Morgan fingerprint density at radius 1 is 1.27 bits per heavy atom. The molecule has 0 saturated carbocycles. The zero-order valence-corrected chi connectivity index (χ0v) is 14.7. The summed E-state index contributed by atoms with van der Waals surface area (Å²) in [7, 11) is 0. The molecule has 2 aromatic carbocycles. The van der Waals surface area contributed by atoms with Gasteiger partial charge in [0, 0.05) is 16.3 Å². The van der Waals surface area contributed by atoms with E-state index in [0.29, 0.717) is 16.3 Å². The van der Waals surface area contributed by atoms with Crippen molar-refractivity contribution in [2.45, 2.75) is 19.9 Å². The molecule has 0 aliphatic carbocycles. The van der Waals surface area contributed by atoms with E-state index in [0.717, 1.165) is 10.2 Å². The molecular weight excluding hydrogens is 361 g/mol. The fourth-order valence-corrected chi connectivity index (χ4v) is 2.49. The number of rotatable bonds is 4. The number of aromatic nitrogens is 2. The van der Waals surface area contributed by atoms with Crippen LogP contribution in [-0.4, -0.2) is 15.7 Å². The van der Waals surface area contributed by atoms with E-state index in [1.165, 1.54) is 31.2 Å². The SMILES string of the molecule is Cc1ccc(Cl)cc1NC(=O)[C@@H](C)n1nc(-c2ccc(F)cc2)oc1=O. The summed E-state index contributed by atoms with van der Waals surface area (Å²) in [5.74, 6) is -1.64. The van der Waals surface area contributed by atoms with Crippen LogP contribution >= 0.6 is 11.6 Å². The van der Waals surface area contributed by atoms with Crippen molar-refractivity contribution in [2.24, 2.45) is 0 Å². The van der Waals surface area contributed by atoms with Crippen LogP contribution in [-0.2, 0) is 4.79 Å². The number of benzene rings is 2. The number of halogens is 2. The lowest BCUT2D eigenvalue weighted by Gasteiger charge is -2.13. The third-order valence-corrected chi connectivity index (χ3v) is 4.10. The first kappa shape index (κ1) is 17.9. The lowest BCUT2D eigenvalue weighted by molar-refractivity contribution is -0.119. The molecule has 134 valence electrons. The van der Waals surface area contributed by atoms with Crippen molar-refractivity contribution >= 4 is 23.2 Å². The van der Waals surface area contributed by atoms with Gasteiger partial charge < -0.3 is 9.73 Å². The summed E-state index contributed by atoms with van der Waals surface area (Å²) >= 11 is 5.94. The molecule has 1 N–H and O–H groups in total. The molecule has 1 heterocycles. The number of amides is 1. The van der Waals surface area contributed by atoms with Crippen LogP contribution in [0.2, 0.25) is 5.02 Å². The topological polar surface area (TPSA) is 77.1 Å². The first-order valence-corrected chi connectivity index (χ1v) is 8.15.